The Kier molecular flexibility index (Phi) is 4.14. The second-order valence-electron chi connectivity index (χ2n) is 13.8. The first-order valence-electron chi connectivity index (χ1n) is 13.5. The summed E-state index contributed by atoms with van der Waals surface area (Å²) in [5.41, 5.74) is 0.331. The molecule has 1 aromatic rings. The number of halogens is 1. The minimum Gasteiger partial charge on any atom is -0.483 e. The Morgan fingerprint density at radius 2 is 1.94 bits per heavy atom. The molecule has 2 heterocycles. The number of aliphatic hydroxyl groups is 1. The van der Waals surface area contributed by atoms with E-state index in [1.807, 2.05) is 13.0 Å². The highest BCUT2D eigenvalue weighted by molar-refractivity contribution is 5.59. The fourth-order valence-electron chi connectivity index (χ4n) is 9.56. The van der Waals surface area contributed by atoms with Gasteiger partial charge in [0.2, 0.25) is 0 Å². The summed E-state index contributed by atoms with van der Waals surface area (Å²) in [4.78, 5) is 2.79. The molecule has 5 heteroatoms. The lowest BCUT2D eigenvalue weighted by atomic mass is 9.33. The first-order valence-corrected chi connectivity index (χ1v) is 13.5. The van der Waals surface area contributed by atoms with Crippen molar-refractivity contribution in [2.75, 3.05) is 20.2 Å². The smallest absolute Gasteiger partial charge is 0.165 e. The molecule has 5 fully saturated rings. The van der Waals surface area contributed by atoms with Crippen molar-refractivity contribution in [3.63, 3.8) is 0 Å². The molecule has 5 aliphatic carbocycles. The van der Waals surface area contributed by atoms with Gasteiger partial charge in [-0.15, -0.1) is 0 Å². The van der Waals surface area contributed by atoms with Crippen LogP contribution in [0.4, 0.5) is 4.39 Å². The lowest BCUT2D eigenvalue weighted by Crippen LogP contribution is -2.83. The van der Waals surface area contributed by atoms with Gasteiger partial charge >= 0.3 is 0 Å². The summed E-state index contributed by atoms with van der Waals surface area (Å²) in [5.74, 6) is 1.02. The van der Waals surface area contributed by atoms with E-state index in [0.717, 1.165) is 50.1 Å². The molecule has 2 aliphatic heterocycles. The largest absolute Gasteiger partial charge is 0.483 e. The van der Waals surface area contributed by atoms with Crippen molar-refractivity contribution in [1.29, 1.82) is 0 Å². The molecule has 7 unspecified atom stereocenters. The van der Waals surface area contributed by atoms with E-state index >= 15 is 4.39 Å². The van der Waals surface area contributed by atoms with Gasteiger partial charge in [-0.25, -0.2) is 4.39 Å². The van der Waals surface area contributed by atoms with E-state index in [9.17, 15) is 5.11 Å². The predicted octanol–water partition coefficient (Wildman–Crippen LogP) is 4.85. The quantitative estimate of drug-likeness (QED) is 0.685. The lowest BCUT2D eigenvalue weighted by molar-refractivity contribution is -0.312. The van der Waals surface area contributed by atoms with Gasteiger partial charge in [-0.3, -0.25) is 4.90 Å². The van der Waals surface area contributed by atoms with Gasteiger partial charge in [0.15, 0.2) is 11.6 Å². The van der Waals surface area contributed by atoms with Crippen LogP contribution < -0.4 is 4.74 Å². The molecule has 7 atom stereocenters. The Balaban J connectivity index is 1.47. The third-order valence-corrected chi connectivity index (χ3v) is 11.8. The second kappa shape index (κ2) is 6.39. The molecule has 0 amide bonds. The van der Waals surface area contributed by atoms with Crippen molar-refractivity contribution in [3.05, 3.63) is 29.1 Å². The van der Waals surface area contributed by atoms with Crippen molar-refractivity contribution < 1.29 is 19.0 Å². The van der Waals surface area contributed by atoms with E-state index in [-0.39, 0.29) is 34.1 Å². The Morgan fingerprint density at radius 3 is 2.62 bits per heavy atom. The number of piperidine rings is 1. The summed E-state index contributed by atoms with van der Waals surface area (Å²) in [6.45, 7) is 10.7. The maximum atomic E-state index is 15.3. The van der Waals surface area contributed by atoms with Crippen LogP contribution in [0.25, 0.3) is 0 Å². The van der Waals surface area contributed by atoms with Crippen molar-refractivity contribution in [1.82, 2.24) is 4.90 Å². The molecule has 0 radical (unpaired) electrons. The van der Waals surface area contributed by atoms with Gasteiger partial charge in [-0.1, -0.05) is 26.8 Å². The number of nitrogens with zero attached hydrogens (tertiary/aromatic N) is 1. The first kappa shape index (κ1) is 22.1. The van der Waals surface area contributed by atoms with Crippen molar-refractivity contribution in [3.8, 4) is 5.75 Å². The average molecular weight is 470 g/mol. The Labute approximate surface area is 203 Å². The molecule has 186 valence electrons. The third kappa shape index (κ3) is 2.27. The van der Waals surface area contributed by atoms with Crippen LogP contribution in [-0.4, -0.2) is 53.6 Å². The Morgan fingerprint density at radius 1 is 1.18 bits per heavy atom. The van der Waals surface area contributed by atoms with Gasteiger partial charge in [-0.2, -0.15) is 0 Å². The number of benzene rings is 1. The molecule has 2 spiro atoms. The van der Waals surface area contributed by atoms with Crippen molar-refractivity contribution in [2.24, 2.45) is 22.7 Å². The fourth-order valence-corrected chi connectivity index (χ4v) is 9.56. The lowest BCUT2D eigenvalue weighted by Gasteiger charge is -2.75. The van der Waals surface area contributed by atoms with Crippen LogP contribution in [0.1, 0.15) is 77.3 Å². The number of fused-ring (bicyclic) bond motifs is 2. The molecule has 34 heavy (non-hydrogen) atoms. The number of methoxy groups -OCH3 is 1. The summed E-state index contributed by atoms with van der Waals surface area (Å²) in [5, 5.41) is 12.2. The van der Waals surface area contributed by atoms with E-state index in [4.69, 9.17) is 9.47 Å². The predicted molar refractivity (Wildman–Crippen MR) is 128 cm³/mol. The molecular formula is C29H40FNO3. The van der Waals surface area contributed by atoms with Gasteiger partial charge in [0.25, 0.3) is 0 Å². The highest BCUT2D eigenvalue weighted by Crippen LogP contribution is 2.77. The summed E-state index contributed by atoms with van der Waals surface area (Å²) < 4.78 is 28.6. The number of likely N-dealkylation sites (tertiary alicyclic amines) is 1. The van der Waals surface area contributed by atoms with Crippen LogP contribution in [0.5, 0.6) is 5.75 Å². The summed E-state index contributed by atoms with van der Waals surface area (Å²) in [6.07, 6.45) is 7.29. The fraction of sp³-hybridized carbons (Fsp3) is 0.793. The van der Waals surface area contributed by atoms with Crippen LogP contribution in [0, 0.1) is 28.5 Å². The summed E-state index contributed by atoms with van der Waals surface area (Å²) >= 11 is 0. The minimum absolute atomic E-state index is 0.0168. The maximum Gasteiger partial charge on any atom is 0.165 e. The maximum absolute atomic E-state index is 15.3. The van der Waals surface area contributed by atoms with E-state index in [2.05, 4.69) is 25.7 Å². The summed E-state index contributed by atoms with van der Waals surface area (Å²) in [6, 6.07) is 4.07. The molecule has 1 saturated heterocycles. The Hall–Kier alpha value is -1.17. The molecular weight excluding hydrogens is 429 g/mol. The van der Waals surface area contributed by atoms with E-state index in [1.54, 1.807) is 13.2 Å². The zero-order valence-electron chi connectivity index (χ0n) is 21.4. The topological polar surface area (TPSA) is 41.9 Å². The van der Waals surface area contributed by atoms with Gasteiger partial charge in [0.1, 0.15) is 11.7 Å². The molecule has 0 aromatic heterocycles. The molecule has 4 saturated carbocycles. The average Bonchev–Trinajstić information content (AvgIpc) is 3.53. The summed E-state index contributed by atoms with van der Waals surface area (Å²) in [7, 11) is 1.80. The van der Waals surface area contributed by atoms with Crippen molar-refractivity contribution >= 4 is 0 Å². The van der Waals surface area contributed by atoms with Gasteiger partial charge in [0, 0.05) is 42.0 Å². The molecule has 7 aliphatic rings. The number of hydrogen-bond donors (Lipinski definition) is 1. The van der Waals surface area contributed by atoms with Crippen LogP contribution in [0.15, 0.2) is 12.1 Å². The zero-order chi connectivity index (χ0) is 23.9. The SMILES string of the molecule is COC12CCC3(CC1C(C)(O)C(C)(C)C)C1Cc4ccc(F)c5c4C3(CCN1CC1CC1)C2O5. The van der Waals surface area contributed by atoms with Crippen LogP contribution in [0.3, 0.4) is 0 Å². The monoisotopic (exact) mass is 469 g/mol. The minimum atomic E-state index is -0.940. The first-order chi connectivity index (χ1) is 16.0. The third-order valence-electron chi connectivity index (χ3n) is 11.8. The number of hydrogen-bond acceptors (Lipinski definition) is 4. The molecule has 1 aromatic carbocycles. The normalized spacial score (nSPS) is 43.9. The van der Waals surface area contributed by atoms with Crippen LogP contribution in [0.2, 0.25) is 0 Å². The molecule has 8 rings (SSSR count). The van der Waals surface area contributed by atoms with Gasteiger partial charge < -0.3 is 14.6 Å². The van der Waals surface area contributed by atoms with Gasteiger partial charge in [0.05, 0.1) is 5.60 Å². The van der Waals surface area contributed by atoms with Crippen molar-refractivity contribution in [2.45, 2.75) is 101 Å². The number of ether oxygens (including phenoxy) is 2. The van der Waals surface area contributed by atoms with E-state index < -0.39 is 11.2 Å². The van der Waals surface area contributed by atoms with Crippen LogP contribution >= 0.6 is 0 Å². The Bertz CT molecular complexity index is 1060. The zero-order valence-corrected chi connectivity index (χ0v) is 21.4. The molecule has 4 bridgehead atoms. The van der Waals surface area contributed by atoms with E-state index in [1.165, 1.54) is 24.9 Å². The van der Waals surface area contributed by atoms with E-state index in [0.29, 0.717) is 11.8 Å². The van der Waals surface area contributed by atoms with Crippen LogP contribution in [-0.2, 0) is 16.6 Å². The standard InChI is InChI=1S/C29H40FNO3/c1-25(2,3)26(4,32)20-15-27-10-11-29(20,33-5)24-28(27)12-13-31(16-17-6-7-17)21(27)14-18-8-9-19(30)23(34-24)22(18)28/h8-9,17,20-21,24,32H,6-7,10-16H2,1-5H3. The molecule has 4 nitrogen and oxygen atoms in total. The molecule has 1 N–H and O–H groups in total. The second-order valence-corrected chi connectivity index (χ2v) is 13.8. The highest BCUT2D eigenvalue weighted by atomic mass is 19.1. The number of rotatable bonds is 4. The van der Waals surface area contributed by atoms with Gasteiger partial charge in [-0.05, 0) is 81.4 Å². The highest BCUT2D eigenvalue weighted by Gasteiger charge is 2.82.